The van der Waals surface area contributed by atoms with E-state index in [4.69, 9.17) is 0 Å². The molecule has 0 aliphatic carbocycles. The first-order chi connectivity index (χ1) is 15.8. The van der Waals surface area contributed by atoms with Crippen molar-refractivity contribution in [1.29, 1.82) is 0 Å². The largest absolute Gasteiger partial charge is 0.308 e. The van der Waals surface area contributed by atoms with Crippen molar-refractivity contribution < 1.29 is 4.39 Å². The Kier molecular flexibility index (Phi) is 4.36. The summed E-state index contributed by atoms with van der Waals surface area (Å²) < 4.78 is 17.6. The van der Waals surface area contributed by atoms with Crippen molar-refractivity contribution in [2.75, 3.05) is 0 Å². The molecule has 1 nitrogen and oxygen atoms in total. The topological polar surface area (TPSA) is 4.93 Å². The molecule has 0 spiro atoms. The van der Waals surface area contributed by atoms with Crippen LogP contribution in [-0.2, 0) is 0 Å². The summed E-state index contributed by atoms with van der Waals surface area (Å²) in [5, 5.41) is 2.98. The van der Waals surface area contributed by atoms with Gasteiger partial charge in [0.2, 0.25) is 0 Å². The maximum Gasteiger partial charge on any atom is 0.133 e. The molecule has 0 saturated carbocycles. The lowest BCUT2D eigenvalue weighted by atomic mass is 9.98. The van der Waals surface area contributed by atoms with Crippen molar-refractivity contribution in [2.45, 2.75) is 0 Å². The van der Waals surface area contributed by atoms with Gasteiger partial charge in [0, 0.05) is 16.6 Å². The first-order valence-electron chi connectivity index (χ1n) is 10.7. The number of hydrogen-bond acceptors (Lipinski definition) is 0. The molecule has 0 fully saturated rings. The summed E-state index contributed by atoms with van der Waals surface area (Å²) in [6, 6.07) is 40.5. The normalized spacial score (nSPS) is 11.3. The van der Waals surface area contributed by atoms with Crippen molar-refractivity contribution in [2.24, 2.45) is 0 Å². The van der Waals surface area contributed by atoms with E-state index in [2.05, 4.69) is 59.2 Å². The quantitative estimate of drug-likeness (QED) is 0.275. The maximum atomic E-state index is 15.4. The third kappa shape index (κ3) is 2.92. The Labute approximate surface area is 186 Å². The SMILES string of the molecule is Fc1cccc2c1c(-c1ccccc1)c(-c1ccccc1)n2-c1ccc2ccccc2c1. The number of rotatable bonds is 3. The lowest BCUT2D eigenvalue weighted by Crippen LogP contribution is -1.97. The fourth-order valence-electron chi connectivity index (χ4n) is 4.64. The predicted octanol–water partition coefficient (Wildman–Crippen LogP) is 8.26. The van der Waals surface area contributed by atoms with Crippen LogP contribution in [0.4, 0.5) is 4.39 Å². The van der Waals surface area contributed by atoms with Gasteiger partial charge in [0.1, 0.15) is 5.82 Å². The lowest BCUT2D eigenvalue weighted by molar-refractivity contribution is 0.640. The van der Waals surface area contributed by atoms with Gasteiger partial charge in [-0.15, -0.1) is 0 Å². The summed E-state index contributed by atoms with van der Waals surface area (Å²) in [6.45, 7) is 0. The van der Waals surface area contributed by atoms with Gasteiger partial charge in [-0.05, 0) is 46.2 Å². The molecule has 0 aliphatic rings. The average molecular weight is 413 g/mol. The highest BCUT2D eigenvalue weighted by atomic mass is 19.1. The van der Waals surface area contributed by atoms with E-state index in [9.17, 15) is 0 Å². The van der Waals surface area contributed by atoms with Crippen LogP contribution in [0.3, 0.4) is 0 Å². The first kappa shape index (κ1) is 18.6. The van der Waals surface area contributed by atoms with Gasteiger partial charge in [-0.3, -0.25) is 0 Å². The molecule has 0 radical (unpaired) electrons. The number of hydrogen-bond donors (Lipinski definition) is 0. The Bertz CT molecular complexity index is 1560. The fraction of sp³-hybridized carbons (Fsp3) is 0. The number of fused-ring (bicyclic) bond motifs is 2. The van der Waals surface area contributed by atoms with Gasteiger partial charge < -0.3 is 4.57 Å². The molecular weight excluding hydrogens is 393 g/mol. The van der Waals surface area contributed by atoms with Gasteiger partial charge in [0.15, 0.2) is 0 Å². The Morgan fingerprint density at radius 2 is 1.19 bits per heavy atom. The molecule has 0 bridgehead atoms. The minimum atomic E-state index is -0.210. The summed E-state index contributed by atoms with van der Waals surface area (Å²) in [4.78, 5) is 0. The minimum absolute atomic E-state index is 0.210. The van der Waals surface area contributed by atoms with Crippen molar-refractivity contribution in [3.05, 3.63) is 127 Å². The molecule has 6 aromatic rings. The van der Waals surface area contributed by atoms with Crippen LogP contribution in [0.25, 0.3) is 49.7 Å². The van der Waals surface area contributed by atoms with Gasteiger partial charge in [0.25, 0.3) is 0 Å². The molecule has 0 aliphatic heterocycles. The zero-order valence-electron chi connectivity index (χ0n) is 17.4. The third-order valence-corrected chi connectivity index (χ3v) is 6.04. The molecule has 0 saturated heterocycles. The molecule has 0 amide bonds. The van der Waals surface area contributed by atoms with Crippen LogP contribution in [0.15, 0.2) is 121 Å². The minimum Gasteiger partial charge on any atom is -0.308 e. The number of aromatic nitrogens is 1. The maximum absolute atomic E-state index is 15.4. The summed E-state index contributed by atoms with van der Waals surface area (Å²) >= 11 is 0. The van der Waals surface area contributed by atoms with E-state index < -0.39 is 0 Å². The molecule has 2 heteroatoms. The smallest absolute Gasteiger partial charge is 0.133 e. The van der Waals surface area contributed by atoms with Gasteiger partial charge in [-0.25, -0.2) is 4.39 Å². The van der Waals surface area contributed by atoms with Crippen LogP contribution in [0.1, 0.15) is 0 Å². The highest BCUT2D eigenvalue weighted by molar-refractivity contribution is 6.06. The molecule has 1 heterocycles. The summed E-state index contributed by atoms with van der Waals surface area (Å²) in [7, 11) is 0. The number of halogens is 1. The van der Waals surface area contributed by atoms with E-state index in [0.717, 1.165) is 39.0 Å². The van der Waals surface area contributed by atoms with E-state index in [-0.39, 0.29) is 5.82 Å². The molecule has 32 heavy (non-hydrogen) atoms. The highest BCUT2D eigenvalue weighted by Gasteiger charge is 2.23. The van der Waals surface area contributed by atoms with Gasteiger partial charge >= 0.3 is 0 Å². The summed E-state index contributed by atoms with van der Waals surface area (Å²) in [6.07, 6.45) is 0. The van der Waals surface area contributed by atoms with Crippen LogP contribution in [0.5, 0.6) is 0 Å². The zero-order valence-corrected chi connectivity index (χ0v) is 17.4. The molecular formula is C30H20FN. The number of nitrogens with zero attached hydrogens (tertiary/aromatic N) is 1. The standard InChI is InChI=1S/C30H20FN/c31-26-16-9-17-27-29(26)28(22-11-3-1-4-12-22)30(23-13-5-2-6-14-23)32(27)25-19-18-21-10-7-8-15-24(21)20-25/h1-20H. The van der Waals surface area contributed by atoms with E-state index in [1.165, 1.54) is 5.39 Å². The summed E-state index contributed by atoms with van der Waals surface area (Å²) in [5.41, 5.74) is 5.83. The van der Waals surface area contributed by atoms with Crippen LogP contribution >= 0.6 is 0 Å². The third-order valence-electron chi connectivity index (χ3n) is 6.04. The van der Waals surface area contributed by atoms with Gasteiger partial charge in [-0.2, -0.15) is 0 Å². The second-order valence-electron chi connectivity index (χ2n) is 7.96. The van der Waals surface area contributed by atoms with Crippen molar-refractivity contribution >= 4 is 21.7 Å². The summed E-state index contributed by atoms with van der Waals surface area (Å²) in [5.74, 6) is -0.210. The fourth-order valence-corrected chi connectivity index (χ4v) is 4.64. The van der Waals surface area contributed by atoms with Crippen molar-refractivity contribution in [1.82, 2.24) is 4.57 Å². The van der Waals surface area contributed by atoms with E-state index in [1.54, 1.807) is 12.1 Å². The van der Waals surface area contributed by atoms with Crippen LogP contribution in [0.2, 0.25) is 0 Å². The molecule has 152 valence electrons. The molecule has 5 aromatic carbocycles. The van der Waals surface area contributed by atoms with Crippen LogP contribution in [0, 0.1) is 5.82 Å². The first-order valence-corrected chi connectivity index (χ1v) is 10.7. The zero-order chi connectivity index (χ0) is 21.5. The van der Waals surface area contributed by atoms with E-state index in [1.807, 2.05) is 54.6 Å². The van der Waals surface area contributed by atoms with Crippen LogP contribution in [-0.4, -0.2) is 4.57 Å². The predicted molar refractivity (Wildman–Crippen MR) is 132 cm³/mol. The molecule has 6 rings (SSSR count). The lowest BCUT2D eigenvalue weighted by Gasteiger charge is -2.14. The second kappa shape index (κ2) is 7.51. The van der Waals surface area contributed by atoms with Gasteiger partial charge in [0.05, 0.1) is 11.2 Å². The molecule has 0 unspecified atom stereocenters. The highest BCUT2D eigenvalue weighted by Crippen LogP contribution is 2.43. The Hall–Kier alpha value is -4.17. The molecule has 0 atom stereocenters. The second-order valence-corrected chi connectivity index (χ2v) is 7.96. The van der Waals surface area contributed by atoms with Gasteiger partial charge in [-0.1, -0.05) is 97.1 Å². The Morgan fingerprint density at radius 1 is 0.531 bits per heavy atom. The van der Waals surface area contributed by atoms with E-state index in [0.29, 0.717) is 5.39 Å². The number of benzene rings is 5. The molecule has 0 N–H and O–H groups in total. The monoisotopic (exact) mass is 413 g/mol. The van der Waals surface area contributed by atoms with Crippen LogP contribution < -0.4 is 0 Å². The average Bonchev–Trinajstić information content (AvgIpc) is 3.21. The van der Waals surface area contributed by atoms with Crippen molar-refractivity contribution in [3.8, 4) is 28.1 Å². The Morgan fingerprint density at radius 3 is 1.94 bits per heavy atom. The molecule has 1 aromatic heterocycles. The Balaban J connectivity index is 1.80. The van der Waals surface area contributed by atoms with Crippen molar-refractivity contribution in [3.63, 3.8) is 0 Å². The van der Waals surface area contributed by atoms with E-state index >= 15 is 4.39 Å².